The average Bonchev–Trinajstić information content (AvgIpc) is 2.55. The maximum atomic E-state index is 12.5. The number of anilines is 1. The van der Waals surface area contributed by atoms with Crippen molar-refractivity contribution in [1.82, 2.24) is 9.97 Å². The second kappa shape index (κ2) is 6.64. The summed E-state index contributed by atoms with van der Waals surface area (Å²) in [6.07, 6.45) is -2.33. The number of benzene rings is 1. The number of aliphatic hydroxyl groups excluding tert-OH is 1. The van der Waals surface area contributed by atoms with Crippen molar-refractivity contribution >= 4 is 5.82 Å². The molecule has 1 aromatic carbocycles. The molecule has 0 spiro atoms. The quantitative estimate of drug-likeness (QED) is 0.932. The van der Waals surface area contributed by atoms with E-state index in [-0.39, 0.29) is 23.2 Å². The van der Waals surface area contributed by atoms with Crippen LogP contribution in [-0.2, 0) is 0 Å². The Labute approximate surface area is 136 Å². The second-order valence-electron chi connectivity index (χ2n) is 5.50. The molecule has 2 heterocycles. The first-order valence-corrected chi connectivity index (χ1v) is 7.53. The van der Waals surface area contributed by atoms with Gasteiger partial charge in [-0.05, 0) is 31.0 Å². The zero-order chi connectivity index (χ0) is 17.2. The normalized spacial score (nSPS) is 16.2. The highest BCUT2D eigenvalue weighted by molar-refractivity contribution is 5.65. The molecular formula is C16H16F3N3O2. The molecule has 128 valence electrons. The van der Waals surface area contributed by atoms with E-state index in [2.05, 4.69) is 14.7 Å². The fraction of sp³-hybridized carbons (Fsp3) is 0.375. The Morgan fingerprint density at radius 3 is 2.54 bits per heavy atom. The van der Waals surface area contributed by atoms with Gasteiger partial charge in [-0.3, -0.25) is 0 Å². The van der Waals surface area contributed by atoms with Gasteiger partial charge in [0.25, 0.3) is 0 Å². The number of para-hydroxylation sites is 1. The van der Waals surface area contributed by atoms with Gasteiger partial charge < -0.3 is 14.7 Å². The highest BCUT2D eigenvalue weighted by Crippen LogP contribution is 2.32. The number of hydrogen-bond acceptors (Lipinski definition) is 5. The summed E-state index contributed by atoms with van der Waals surface area (Å²) >= 11 is 0. The van der Waals surface area contributed by atoms with E-state index in [9.17, 15) is 18.3 Å². The Kier molecular flexibility index (Phi) is 4.57. The number of halogens is 3. The van der Waals surface area contributed by atoms with Crippen LogP contribution in [0.2, 0.25) is 0 Å². The molecule has 2 aromatic rings. The van der Waals surface area contributed by atoms with Gasteiger partial charge in [-0.15, -0.1) is 13.2 Å². The molecule has 0 atom stereocenters. The minimum Gasteiger partial charge on any atom is -0.405 e. The Hall–Kier alpha value is -2.35. The van der Waals surface area contributed by atoms with Gasteiger partial charge in [-0.2, -0.15) is 0 Å². The standard InChI is InChI=1S/C16H16F3N3O2/c17-16(18,19)24-13-4-2-1-3-12(13)15-20-8-5-14(21-15)22-9-6-11(23)7-10-22/h1-5,8,11,23H,6-7,9-10H2. The third kappa shape index (κ3) is 3.94. The van der Waals surface area contributed by atoms with Gasteiger partial charge in [0.05, 0.1) is 11.7 Å². The summed E-state index contributed by atoms with van der Waals surface area (Å²) in [5.74, 6) is 0.448. The van der Waals surface area contributed by atoms with Crippen LogP contribution in [0.25, 0.3) is 11.4 Å². The third-order valence-corrected chi connectivity index (χ3v) is 3.78. The molecule has 8 heteroatoms. The smallest absolute Gasteiger partial charge is 0.405 e. The van der Waals surface area contributed by atoms with Gasteiger partial charge in [0, 0.05) is 19.3 Å². The summed E-state index contributed by atoms with van der Waals surface area (Å²) in [7, 11) is 0. The minimum atomic E-state index is -4.78. The molecule has 0 bridgehead atoms. The lowest BCUT2D eigenvalue weighted by atomic mass is 10.1. The van der Waals surface area contributed by atoms with Crippen LogP contribution >= 0.6 is 0 Å². The lowest BCUT2D eigenvalue weighted by molar-refractivity contribution is -0.274. The molecule has 0 amide bonds. The summed E-state index contributed by atoms with van der Waals surface area (Å²) in [5.41, 5.74) is 0.175. The molecule has 24 heavy (non-hydrogen) atoms. The maximum absolute atomic E-state index is 12.5. The molecule has 0 aliphatic carbocycles. The number of aromatic nitrogens is 2. The van der Waals surface area contributed by atoms with Crippen LogP contribution in [0.1, 0.15) is 12.8 Å². The number of aliphatic hydroxyl groups is 1. The van der Waals surface area contributed by atoms with Crippen LogP contribution in [-0.4, -0.2) is 40.6 Å². The topological polar surface area (TPSA) is 58.5 Å². The first-order valence-electron chi connectivity index (χ1n) is 7.53. The summed E-state index contributed by atoms with van der Waals surface area (Å²) in [6, 6.07) is 7.48. The zero-order valence-corrected chi connectivity index (χ0v) is 12.7. The summed E-state index contributed by atoms with van der Waals surface area (Å²) < 4.78 is 41.7. The van der Waals surface area contributed by atoms with E-state index in [1.807, 2.05) is 4.90 Å². The molecule has 1 fully saturated rings. The molecule has 1 N–H and O–H groups in total. The van der Waals surface area contributed by atoms with Crippen molar-refractivity contribution in [3.05, 3.63) is 36.5 Å². The minimum absolute atomic E-state index is 0.165. The fourth-order valence-electron chi connectivity index (χ4n) is 2.62. The zero-order valence-electron chi connectivity index (χ0n) is 12.7. The van der Waals surface area contributed by atoms with Gasteiger partial charge in [-0.1, -0.05) is 12.1 Å². The van der Waals surface area contributed by atoms with Crippen molar-refractivity contribution in [3.63, 3.8) is 0 Å². The first-order chi connectivity index (χ1) is 11.4. The number of ether oxygens (including phenoxy) is 1. The summed E-state index contributed by atoms with van der Waals surface area (Å²) in [4.78, 5) is 10.4. The highest BCUT2D eigenvalue weighted by Gasteiger charge is 2.32. The van der Waals surface area contributed by atoms with Crippen LogP contribution < -0.4 is 9.64 Å². The number of nitrogens with zero attached hydrogens (tertiary/aromatic N) is 3. The SMILES string of the molecule is OC1CCN(c2ccnc(-c3ccccc3OC(F)(F)F)n2)CC1. The van der Waals surface area contributed by atoms with Gasteiger partial charge in [0.1, 0.15) is 11.6 Å². The van der Waals surface area contributed by atoms with Crippen molar-refractivity contribution in [1.29, 1.82) is 0 Å². The molecule has 0 unspecified atom stereocenters. The van der Waals surface area contributed by atoms with E-state index in [1.165, 1.54) is 24.4 Å². The van der Waals surface area contributed by atoms with Gasteiger partial charge in [0.15, 0.2) is 5.82 Å². The molecule has 3 rings (SSSR count). The van der Waals surface area contributed by atoms with Crippen LogP contribution in [0.15, 0.2) is 36.5 Å². The monoisotopic (exact) mass is 339 g/mol. The molecule has 1 aliphatic rings. The lowest BCUT2D eigenvalue weighted by Gasteiger charge is -2.30. The largest absolute Gasteiger partial charge is 0.573 e. The van der Waals surface area contributed by atoms with Crippen molar-refractivity contribution in [3.8, 4) is 17.1 Å². The Morgan fingerprint density at radius 2 is 1.83 bits per heavy atom. The second-order valence-corrected chi connectivity index (χ2v) is 5.50. The highest BCUT2D eigenvalue weighted by atomic mass is 19.4. The van der Waals surface area contributed by atoms with Crippen molar-refractivity contribution in [2.75, 3.05) is 18.0 Å². The fourth-order valence-corrected chi connectivity index (χ4v) is 2.62. The number of rotatable bonds is 3. The van der Waals surface area contributed by atoms with E-state index in [1.54, 1.807) is 12.1 Å². The molecule has 0 radical (unpaired) electrons. The molecule has 1 saturated heterocycles. The van der Waals surface area contributed by atoms with Crippen molar-refractivity contribution in [2.45, 2.75) is 25.3 Å². The first kappa shape index (κ1) is 16.5. The van der Waals surface area contributed by atoms with Crippen LogP contribution in [0.5, 0.6) is 5.75 Å². The Balaban J connectivity index is 1.89. The van der Waals surface area contributed by atoms with E-state index in [4.69, 9.17) is 0 Å². The van der Waals surface area contributed by atoms with E-state index in [0.29, 0.717) is 31.7 Å². The number of alkyl halides is 3. The van der Waals surface area contributed by atoms with E-state index < -0.39 is 6.36 Å². The predicted octanol–water partition coefficient (Wildman–Crippen LogP) is 3.00. The van der Waals surface area contributed by atoms with Crippen LogP contribution in [0.3, 0.4) is 0 Å². The van der Waals surface area contributed by atoms with Gasteiger partial charge in [0.2, 0.25) is 0 Å². The Bertz CT molecular complexity index is 701. The molecular weight excluding hydrogens is 323 g/mol. The number of piperidine rings is 1. The lowest BCUT2D eigenvalue weighted by Crippen LogP contribution is -2.36. The van der Waals surface area contributed by atoms with Crippen molar-refractivity contribution in [2.24, 2.45) is 0 Å². The molecule has 5 nitrogen and oxygen atoms in total. The summed E-state index contributed by atoms with van der Waals surface area (Å²) in [5, 5.41) is 9.57. The Morgan fingerprint density at radius 1 is 1.12 bits per heavy atom. The summed E-state index contributed by atoms with van der Waals surface area (Å²) in [6.45, 7) is 1.27. The average molecular weight is 339 g/mol. The van der Waals surface area contributed by atoms with Gasteiger partial charge in [-0.25, -0.2) is 9.97 Å². The molecule has 1 aromatic heterocycles. The molecule has 1 aliphatic heterocycles. The van der Waals surface area contributed by atoms with Crippen LogP contribution in [0.4, 0.5) is 19.0 Å². The van der Waals surface area contributed by atoms with E-state index in [0.717, 1.165) is 0 Å². The van der Waals surface area contributed by atoms with Crippen molar-refractivity contribution < 1.29 is 23.0 Å². The van der Waals surface area contributed by atoms with Gasteiger partial charge >= 0.3 is 6.36 Å². The van der Waals surface area contributed by atoms with E-state index >= 15 is 0 Å². The maximum Gasteiger partial charge on any atom is 0.573 e. The number of hydrogen-bond donors (Lipinski definition) is 1. The van der Waals surface area contributed by atoms with Crippen LogP contribution in [0, 0.1) is 0 Å². The molecule has 0 saturated carbocycles. The predicted molar refractivity (Wildman–Crippen MR) is 81.6 cm³/mol. The third-order valence-electron chi connectivity index (χ3n) is 3.78.